The number of aliphatic carboxylic acids is 1. The molecule has 1 aliphatic heterocycles. The molecule has 2 aromatic rings. The first-order chi connectivity index (χ1) is 16.9. The van der Waals surface area contributed by atoms with E-state index in [0.717, 1.165) is 11.6 Å². The third-order valence-electron chi connectivity index (χ3n) is 6.73. The van der Waals surface area contributed by atoms with Crippen LogP contribution >= 0.6 is 0 Å². The van der Waals surface area contributed by atoms with Crippen molar-refractivity contribution >= 4 is 23.3 Å². The Morgan fingerprint density at radius 2 is 1.72 bits per heavy atom. The van der Waals surface area contributed by atoms with Gasteiger partial charge in [0.15, 0.2) is 17.3 Å². The summed E-state index contributed by atoms with van der Waals surface area (Å²) in [5.41, 5.74) is -1.40. The summed E-state index contributed by atoms with van der Waals surface area (Å²) in [7, 11) is 0. The van der Waals surface area contributed by atoms with Crippen molar-refractivity contribution < 1.29 is 39.2 Å². The van der Waals surface area contributed by atoms with E-state index in [0.29, 0.717) is 0 Å². The van der Waals surface area contributed by atoms with Gasteiger partial charge in [-0.2, -0.15) is 0 Å². The van der Waals surface area contributed by atoms with E-state index in [1.807, 2.05) is 0 Å². The van der Waals surface area contributed by atoms with Crippen LogP contribution in [0.15, 0.2) is 53.4 Å². The van der Waals surface area contributed by atoms with Crippen molar-refractivity contribution in [3.05, 3.63) is 75.7 Å². The number of hydrogen-bond donors (Lipinski definition) is 4. The van der Waals surface area contributed by atoms with E-state index in [1.54, 1.807) is 30.3 Å². The Bertz CT molecular complexity index is 1400. The molecule has 4 rings (SSSR count). The van der Waals surface area contributed by atoms with E-state index in [2.05, 4.69) is 5.32 Å². The SMILES string of the molecule is CC(=O)c1c(O)c(C)c(O)c2c1OC1=CC(=O)/C(=C(/C)N[C@@H](Cc3ccccc3)C(=O)O)C(=O)[C@@]12C. The molecule has 186 valence electrons. The lowest BCUT2D eigenvalue weighted by Gasteiger charge is -2.29. The number of carbonyl (C=O) groups excluding carboxylic acids is 3. The number of ether oxygens (including phenoxy) is 1. The van der Waals surface area contributed by atoms with Gasteiger partial charge in [0.25, 0.3) is 0 Å². The molecule has 9 nitrogen and oxygen atoms in total. The predicted octanol–water partition coefficient (Wildman–Crippen LogP) is 2.85. The van der Waals surface area contributed by atoms with Crippen LogP contribution in [0.4, 0.5) is 0 Å². The van der Waals surface area contributed by atoms with Gasteiger partial charge in [-0.25, -0.2) is 4.79 Å². The first-order valence-electron chi connectivity index (χ1n) is 11.2. The summed E-state index contributed by atoms with van der Waals surface area (Å²) in [5.74, 6) is -4.33. The Balaban J connectivity index is 1.82. The van der Waals surface area contributed by atoms with Crippen LogP contribution in [-0.2, 0) is 26.2 Å². The number of hydrogen-bond acceptors (Lipinski definition) is 8. The molecule has 1 heterocycles. The molecule has 4 N–H and O–H groups in total. The number of nitrogens with one attached hydrogen (secondary N) is 1. The Morgan fingerprint density at radius 3 is 2.31 bits per heavy atom. The molecular formula is C27H25NO8. The summed E-state index contributed by atoms with van der Waals surface area (Å²) in [6.45, 7) is 5.49. The molecule has 0 saturated carbocycles. The fourth-order valence-corrected chi connectivity index (χ4v) is 4.75. The van der Waals surface area contributed by atoms with Crippen molar-refractivity contribution in [2.75, 3.05) is 0 Å². The number of phenols is 2. The molecule has 0 bridgehead atoms. The molecule has 0 radical (unpaired) electrons. The monoisotopic (exact) mass is 491 g/mol. The van der Waals surface area contributed by atoms with Gasteiger partial charge in [-0.3, -0.25) is 14.4 Å². The molecular weight excluding hydrogens is 466 g/mol. The maximum absolute atomic E-state index is 13.8. The highest BCUT2D eigenvalue weighted by Gasteiger charge is 2.56. The molecule has 0 amide bonds. The fourth-order valence-electron chi connectivity index (χ4n) is 4.75. The molecule has 0 saturated heterocycles. The van der Waals surface area contributed by atoms with Crippen molar-refractivity contribution in [1.82, 2.24) is 5.32 Å². The van der Waals surface area contributed by atoms with E-state index in [-0.39, 0.29) is 45.9 Å². The zero-order valence-electron chi connectivity index (χ0n) is 20.1. The van der Waals surface area contributed by atoms with Gasteiger partial charge in [0.2, 0.25) is 0 Å². The number of allylic oxidation sites excluding steroid dienone is 4. The van der Waals surface area contributed by atoms with Crippen LogP contribution in [0, 0.1) is 6.92 Å². The highest BCUT2D eigenvalue weighted by Crippen LogP contribution is 2.57. The number of Topliss-reactive ketones (excluding diaryl/α,β-unsaturated/α-hetero) is 2. The van der Waals surface area contributed by atoms with Crippen LogP contribution in [0.3, 0.4) is 0 Å². The minimum atomic E-state index is -1.67. The Kier molecular flexibility index (Phi) is 5.95. The van der Waals surface area contributed by atoms with E-state index >= 15 is 0 Å². The second-order valence-corrected chi connectivity index (χ2v) is 9.11. The fraction of sp³-hybridized carbons (Fsp3) is 0.259. The summed E-state index contributed by atoms with van der Waals surface area (Å²) < 4.78 is 5.73. The van der Waals surface area contributed by atoms with E-state index in [9.17, 15) is 34.5 Å². The molecule has 0 unspecified atom stereocenters. The maximum Gasteiger partial charge on any atom is 0.326 e. The van der Waals surface area contributed by atoms with E-state index in [1.165, 1.54) is 27.7 Å². The molecule has 36 heavy (non-hydrogen) atoms. The van der Waals surface area contributed by atoms with E-state index < -0.39 is 46.3 Å². The highest BCUT2D eigenvalue weighted by atomic mass is 16.5. The topological polar surface area (TPSA) is 150 Å². The number of rotatable bonds is 6. The van der Waals surface area contributed by atoms with Crippen LogP contribution in [0.25, 0.3) is 0 Å². The minimum Gasteiger partial charge on any atom is -0.507 e. The van der Waals surface area contributed by atoms with Crippen LogP contribution in [0.2, 0.25) is 0 Å². The van der Waals surface area contributed by atoms with Gasteiger partial charge in [0, 0.05) is 23.8 Å². The quantitative estimate of drug-likeness (QED) is 0.272. The van der Waals surface area contributed by atoms with Crippen LogP contribution in [0.1, 0.15) is 47.8 Å². The van der Waals surface area contributed by atoms with Gasteiger partial charge < -0.3 is 25.4 Å². The summed E-state index contributed by atoms with van der Waals surface area (Å²) >= 11 is 0. The number of benzene rings is 2. The molecule has 9 heteroatoms. The van der Waals surface area contributed by atoms with Crippen LogP contribution in [-0.4, -0.2) is 44.7 Å². The minimum absolute atomic E-state index is 0.0103. The largest absolute Gasteiger partial charge is 0.507 e. The Hall–Kier alpha value is -4.40. The van der Waals surface area contributed by atoms with Crippen LogP contribution in [0.5, 0.6) is 17.2 Å². The van der Waals surface area contributed by atoms with Gasteiger partial charge in [-0.05, 0) is 33.3 Å². The van der Waals surface area contributed by atoms with Crippen molar-refractivity contribution in [2.45, 2.75) is 45.6 Å². The van der Waals surface area contributed by atoms with Gasteiger partial charge in [0.1, 0.15) is 40.0 Å². The summed E-state index contributed by atoms with van der Waals surface area (Å²) in [4.78, 5) is 51.1. The molecule has 2 aromatic carbocycles. The molecule has 0 fully saturated rings. The molecule has 2 atom stereocenters. The number of carbonyl (C=O) groups is 4. The standard InChI is InChI=1S/C27H25NO8/c1-12-22(31)20(14(3)29)24-21(23(12)32)27(4)18(36-24)11-17(30)19(25(27)33)13(2)28-16(26(34)35)10-15-8-6-5-7-9-15/h5-9,11,16,28,31-32H,10H2,1-4H3,(H,34,35)/b19-13+/t16-,27-/m0/s1. The van der Waals surface area contributed by atoms with Gasteiger partial charge in [-0.15, -0.1) is 0 Å². The van der Waals surface area contributed by atoms with E-state index in [4.69, 9.17) is 4.74 Å². The predicted molar refractivity (Wildman–Crippen MR) is 128 cm³/mol. The number of ketones is 3. The lowest BCUT2D eigenvalue weighted by atomic mass is 9.70. The first kappa shape index (κ1) is 24.7. The van der Waals surface area contributed by atoms with Gasteiger partial charge >= 0.3 is 5.97 Å². The number of carboxylic acid groups (broad SMARTS) is 1. The number of fused-ring (bicyclic) bond motifs is 3. The van der Waals surface area contributed by atoms with Crippen molar-refractivity contribution in [3.63, 3.8) is 0 Å². The Morgan fingerprint density at radius 1 is 1.08 bits per heavy atom. The lowest BCUT2D eigenvalue weighted by Crippen LogP contribution is -2.43. The average molecular weight is 491 g/mol. The third-order valence-corrected chi connectivity index (χ3v) is 6.73. The van der Waals surface area contributed by atoms with Crippen molar-refractivity contribution in [2.24, 2.45) is 0 Å². The van der Waals surface area contributed by atoms with Gasteiger partial charge in [-0.1, -0.05) is 30.3 Å². The molecule has 2 aliphatic rings. The van der Waals surface area contributed by atoms with Crippen LogP contribution < -0.4 is 10.1 Å². The smallest absolute Gasteiger partial charge is 0.326 e. The summed E-state index contributed by atoms with van der Waals surface area (Å²) in [6, 6.07) is 7.78. The lowest BCUT2D eigenvalue weighted by molar-refractivity contribution is -0.139. The third kappa shape index (κ3) is 3.64. The van der Waals surface area contributed by atoms with Crippen molar-refractivity contribution in [1.29, 1.82) is 0 Å². The number of phenolic OH excluding ortho intramolecular Hbond substituents is 2. The molecule has 1 aliphatic carbocycles. The average Bonchev–Trinajstić information content (AvgIpc) is 3.10. The zero-order chi connectivity index (χ0) is 26.5. The second-order valence-electron chi connectivity index (χ2n) is 9.11. The maximum atomic E-state index is 13.8. The Labute approximate surface area is 206 Å². The number of carboxylic acids is 1. The zero-order valence-corrected chi connectivity index (χ0v) is 20.1. The molecule has 0 aromatic heterocycles. The second kappa shape index (κ2) is 8.67. The molecule has 0 spiro atoms. The first-order valence-corrected chi connectivity index (χ1v) is 11.2. The summed E-state index contributed by atoms with van der Waals surface area (Å²) in [5, 5.41) is 33.9. The summed E-state index contributed by atoms with van der Waals surface area (Å²) in [6.07, 6.45) is 1.19. The highest BCUT2D eigenvalue weighted by molar-refractivity contribution is 6.31. The van der Waals surface area contributed by atoms with Crippen molar-refractivity contribution in [3.8, 4) is 17.2 Å². The normalized spacial score (nSPS) is 20.6. The number of aromatic hydroxyl groups is 2. The van der Waals surface area contributed by atoms with Gasteiger partial charge in [0.05, 0.1) is 11.1 Å².